The fraction of sp³-hybridized carbons (Fsp3) is 0.360. The Morgan fingerprint density at radius 3 is 2.84 bits per heavy atom. The molecule has 0 aliphatic heterocycles. The molecule has 1 amide bonds. The molecule has 0 fully saturated rings. The highest BCUT2D eigenvalue weighted by atomic mass is 32.1. The first-order chi connectivity index (χ1) is 15.5. The predicted octanol–water partition coefficient (Wildman–Crippen LogP) is 5.43. The molecule has 0 spiro atoms. The van der Waals surface area contributed by atoms with E-state index in [0.717, 1.165) is 40.4 Å². The number of nitrogens with zero attached hydrogens (tertiary/aromatic N) is 3. The van der Waals surface area contributed by atoms with Gasteiger partial charge < -0.3 is 10.1 Å². The number of amides is 1. The first-order valence-electron chi connectivity index (χ1n) is 11.0. The van der Waals surface area contributed by atoms with Crippen LogP contribution < -0.4 is 10.1 Å². The average molecular weight is 447 g/mol. The quantitative estimate of drug-likeness (QED) is 0.545. The molecule has 1 aliphatic rings. The summed E-state index contributed by atoms with van der Waals surface area (Å²) in [5.41, 5.74) is 4.82. The number of benzene rings is 2. The minimum absolute atomic E-state index is 0.00345. The molecule has 2 aromatic carbocycles. The van der Waals surface area contributed by atoms with Gasteiger partial charge in [-0.15, -0.1) is 10.2 Å². The molecule has 1 N–H and O–H groups in total. The Bertz CT molecular complexity index is 1180. The van der Waals surface area contributed by atoms with E-state index in [0.29, 0.717) is 17.7 Å². The van der Waals surface area contributed by atoms with Crippen molar-refractivity contribution in [1.29, 1.82) is 5.26 Å². The number of nitrogens with one attached hydrogen (secondary N) is 1. The molecule has 1 aromatic heterocycles. The van der Waals surface area contributed by atoms with Crippen LogP contribution in [0.4, 0.5) is 0 Å². The summed E-state index contributed by atoms with van der Waals surface area (Å²) >= 11 is 1.51. The van der Waals surface area contributed by atoms with Gasteiger partial charge in [-0.05, 0) is 62.4 Å². The van der Waals surface area contributed by atoms with Gasteiger partial charge in [-0.2, -0.15) is 5.26 Å². The summed E-state index contributed by atoms with van der Waals surface area (Å²) in [7, 11) is 0. The lowest BCUT2D eigenvalue weighted by molar-refractivity contribution is -0.121. The van der Waals surface area contributed by atoms with Gasteiger partial charge in [0.05, 0.1) is 17.7 Å². The molecular formula is C25H26N4O2S. The van der Waals surface area contributed by atoms with Gasteiger partial charge in [0, 0.05) is 17.5 Å². The third-order valence-electron chi connectivity index (χ3n) is 5.53. The molecule has 1 heterocycles. The third kappa shape index (κ3) is 4.51. The van der Waals surface area contributed by atoms with E-state index in [-0.39, 0.29) is 18.1 Å². The summed E-state index contributed by atoms with van der Waals surface area (Å²) in [4.78, 5) is 12.0. The molecule has 4 rings (SSSR count). The zero-order valence-electron chi connectivity index (χ0n) is 18.5. The smallest absolute Gasteiger partial charge is 0.220 e. The van der Waals surface area contributed by atoms with Crippen LogP contribution in [0.2, 0.25) is 0 Å². The Balaban J connectivity index is 1.66. The zero-order chi connectivity index (χ0) is 22.7. The van der Waals surface area contributed by atoms with Crippen LogP contribution in [0.15, 0.2) is 36.4 Å². The number of ether oxygens (including phenoxy) is 1. The van der Waals surface area contributed by atoms with E-state index in [1.54, 1.807) is 6.07 Å². The highest BCUT2D eigenvalue weighted by Crippen LogP contribution is 2.39. The SMILES string of the molecule is CCC(=O)N[C@H]1CCCc2c(-c3nnc(-c4ccc(OC(C)C)c(C#N)c4)s3)cccc21. The number of nitriles is 1. The van der Waals surface area contributed by atoms with E-state index in [9.17, 15) is 10.1 Å². The van der Waals surface area contributed by atoms with Crippen LogP contribution in [0.3, 0.4) is 0 Å². The molecule has 3 aromatic rings. The molecule has 32 heavy (non-hydrogen) atoms. The van der Waals surface area contributed by atoms with E-state index in [2.05, 4.69) is 33.7 Å². The van der Waals surface area contributed by atoms with Crippen LogP contribution >= 0.6 is 11.3 Å². The van der Waals surface area contributed by atoms with E-state index in [1.807, 2.05) is 39.0 Å². The molecule has 0 unspecified atom stereocenters. The number of fused-ring (bicyclic) bond motifs is 1. The van der Waals surface area contributed by atoms with E-state index in [1.165, 1.54) is 22.5 Å². The molecule has 6 nitrogen and oxygen atoms in total. The van der Waals surface area contributed by atoms with Gasteiger partial charge >= 0.3 is 0 Å². The second-order valence-electron chi connectivity index (χ2n) is 8.14. The lowest BCUT2D eigenvalue weighted by Gasteiger charge is -2.27. The summed E-state index contributed by atoms with van der Waals surface area (Å²) in [5, 5.41) is 23.2. The maximum absolute atomic E-state index is 12.0. The Labute approximate surface area is 192 Å². The van der Waals surface area contributed by atoms with E-state index < -0.39 is 0 Å². The second kappa shape index (κ2) is 9.49. The lowest BCUT2D eigenvalue weighted by Crippen LogP contribution is -2.30. The number of carbonyl (C=O) groups is 1. The van der Waals surface area contributed by atoms with Crippen molar-refractivity contribution in [2.45, 2.75) is 58.6 Å². The first-order valence-corrected chi connectivity index (χ1v) is 11.8. The topological polar surface area (TPSA) is 87.9 Å². The van der Waals surface area contributed by atoms with Crippen molar-refractivity contribution in [1.82, 2.24) is 15.5 Å². The molecule has 164 valence electrons. The molecule has 1 atom stereocenters. The first kappa shape index (κ1) is 22.0. The minimum Gasteiger partial charge on any atom is -0.490 e. The second-order valence-corrected chi connectivity index (χ2v) is 9.12. The van der Waals surface area contributed by atoms with Gasteiger partial charge in [0.2, 0.25) is 5.91 Å². The molecule has 7 heteroatoms. The molecule has 0 saturated carbocycles. The monoisotopic (exact) mass is 446 g/mol. The predicted molar refractivity (Wildman–Crippen MR) is 125 cm³/mol. The van der Waals surface area contributed by atoms with Crippen LogP contribution in [0.5, 0.6) is 5.75 Å². The summed E-state index contributed by atoms with van der Waals surface area (Å²) in [6, 6.07) is 14.0. The summed E-state index contributed by atoms with van der Waals surface area (Å²) < 4.78 is 5.72. The van der Waals surface area contributed by atoms with Crippen LogP contribution in [-0.2, 0) is 11.2 Å². The normalized spacial score (nSPS) is 15.2. The Hall–Kier alpha value is -3.24. The molecule has 0 radical (unpaired) electrons. The highest BCUT2D eigenvalue weighted by Gasteiger charge is 2.25. The number of hydrogen-bond donors (Lipinski definition) is 1. The van der Waals surface area contributed by atoms with Gasteiger partial charge in [0.1, 0.15) is 21.8 Å². The van der Waals surface area contributed by atoms with Gasteiger partial charge in [-0.1, -0.05) is 36.5 Å². The van der Waals surface area contributed by atoms with Crippen molar-refractivity contribution >= 4 is 17.2 Å². The van der Waals surface area contributed by atoms with Crippen molar-refractivity contribution < 1.29 is 9.53 Å². The summed E-state index contributed by atoms with van der Waals surface area (Å²) in [5.74, 6) is 0.651. The Kier molecular flexibility index (Phi) is 6.52. The van der Waals surface area contributed by atoms with Gasteiger partial charge in [0.15, 0.2) is 0 Å². The number of rotatable bonds is 6. The Morgan fingerprint density at radius 1 is 1.28 bits per heavy atom. The van der Waals surface area contributed by atoms with Crippen LogP contribution in [0.1, 0.15) is 62.8 Å². The van der Waals surface area contributed by atoms with Crippen molar-refractivity contribution in [2.24, 2.45) is 0 Å². The maximum Gasteiger partial charge on any atom is 0.220 e. The van der Waals surface area contributed by atoms with Gasteiger partial charge in [-0.3, -0.25) is 4.79 Å². The van der Waals surface area contributed by atoms with Crippen LogP contribution in [-0.4, -0.2) is 22.2 Å². The molecular weight excluding hydrogens is 420 g/mol. The third-order valence-corrected chi connectivity index (χ3v) is 6.53. The van der Waals surface area contributed by atoms with Crippen molar-refractivity contribution in [3.05, 3.63) is 53.1 Å². The average Bonchev–Trinajstić information content (AvgIpc) is 3.29. The molecule has 0 saturated heterocycles. The van der Waals surface area contributed by atoms with E-state index in [4.69, 9.17) is 4.74 Å². The van der Waals surface area contributed by atoms with Crippen molar-refractivity contribution in [2.75, 3.05) is 0 Å². The fourth-order valence-electron chi connectivity index (χ4n) is 4.05. The standard InChI is InChI=1S/C25H26N4O2S/c1-4-23(30)27-21-10-6-7-18-19(21)8-5-9-20(18)25-29-28-24(32-25)16-11-12-22(31-15(2)3)17(13-16)14-26/h5,8-9,11-13,15,21H,4,6-7,10H2,1-3H3,(H,27,30)/t21-/m0/s1. The fourth-order valence-corrected chi connectivity index (χ4v) is 4.94. The van der Waals surface area contributed by atoms with Gasteiger partial charge in [0.25, 0.3) is 0 Å². The Morgan fingerprint density at radius 2 is 2.09 bits per heavy atom. The zero-order valence-corrected chi connectivity index (χ0v) is 19.3. The highest BCUT2D eigenvalue weighted by molar-refractivity contribution is 7.17. The number of aromatic nitrogens is 2. The molecule has 0 bridgehead atoms. The number of carbonyl (C=O) groups excluding carboxylic acids is 1. The summed E-state index contributed by atoms with van der Waals surface area (Å²) in [6.45, 7) is 5.74. The van der Waals surface area contributed by atoms with E-state index >= 15 is 0 Å². The van der Waals surface area contributed by atoms with Gasteiger partial charge in [-0.25, -0.2) is 0 Å². The lowest BCUT2D eigenvalue weighted by atomic mass is 9.85. The number of hydrogen-bond acceptors (Lipinski definition) is 6. The van der Waals surface area contributed by atoms with Crippen LogP contribution in [0.25, 0.3) is 21.1 Å². The maximum atomic E-state index is 12.0. The van der Waals surface area contributed by atoms with Crippen molar-refractivity contribution in [3.63, 3.8) is 0 Å². The summed E-state index contributed by atoms with van der Waals surface area (Å²) in [6.07, 6.45) is 3.41. The van der Waals surface area contributed by atoms with Crippen molar-refractivity contribution in [3.8, 4) is 33.0 Å². The molecule has 1 aliphatic carbocycles. The largest absolute Gasteiger partial charge is 0.490 e. The van der Waals surface area contributed by atoms with Crippen LogP contribution in [0, 0.1) is 11.3 Å². The minimum atomic E-state index is -0.00345.